The Morgan fingerprint density at radius 2 is 0.947 bits per heavy atom. The second-order valence-corrected chi connectivity index (χ2v) is 6.31. The van der Waals surface area contributed by atoms with Crippen LogP contribution in [0.5, 0.6) is 0 Å². The van der Waals surface area contributed by atoms with Gasteiger partial charge in [-0.05, 0) is 0 Å². The van der Waals surface area contributed by atoms with E-state index in [0.717, 1.165) is 12.1 Å². The third kappa shape index (κ3) is 27.6. The topological polar surface area (TPSA) is 42.3 Å². The molecular weight excluding hydrogens is 482 g/mol. The molecule has 0 saturated heterocycles. The van der Waals surface area contributed by atoms with Gasteiger partial charge in [-0.2, -0.15) is 42.3 Å². The minimum Gasteiger partial charge on any atom is 4.00 e. The molecule has 0 fully saturated rings. The van der Waals surface area contributed by atoms with Crippen LogP contribution in [0.2, 0.25) is 0 Å². The average molecular weight is 504 g/mol. The molecule has 110 valence electrons. The fraction of sp³-hybridized carbons (Fsp3) is 0.545. The molecule has 0 atom stereocenters. The average Bonchev–Trinajstić information content (AvgIpc) is 2.72. The fourth-order valence-electron chi connectivity index (χ4n) is 0.563. The summed E-state index contributed by atoms with van der Waals surface area (Å²) >= 11 is -5.94. The van der Waals surface area contributed by atoms with Gasteiger partial charge in [-0.15, -0.1) is 0 Å². The van der Waals surface area contributed by atoms with Crippen molar-refractivity contribution in [2.24, 2.45) is 0 Å². The molecule has 0 N–H and O–H groups in total. The third-order valence-electron chi connectivity index (χ3n) is 0.990. The van der Waals surface area contributed by atoms with Crippen LogP contribution in [0, 0.1) is 0 Å². The molecule has 0 aliphatic carbocycles. The number of hydrogen-bond acceptors (Lipinski definition) is 0. The first-order valence-electron chi connectivity index (χ1n) is 5.08. The number of nitrogens with zero attached hydrogens (tertiary/aromatic N) is 3. The van der Waals surface area contributed by atoms with Crippen LogP contribution in [0.25, 0.3) is 16.0 Å². The summed E-state index contributed by atoms with van der Waals surface area (Å²) in [6, 6.07) is 5.07. The second kappa shape index (κ2) is 20.7. The van der Waals surface area contributed by atoms with E-state index in [-0.39, 0.29) is 25.8 Å². The smallest absolute Gasteiger partial charge is 4.00 e. The Labute approximate surface area is 137 Å². The molecule has 1 aromatic rings. The number of hydrogen-bond donors (Lipinski definition) is 0. The zero-order valence-corrected chi connectivity index (χ0v) is 18.0. The van der Waals surface area contributed by atoms with Gasteiger partial charge in [0.05, 0.1) is 0 Å². The molecule has 0 spiro atoms. The zero-order valence-electron chi connectivity index (χ0n) is 12.3. The van der Waals surface area contributed by atoms with Crippen LogP contribution in [-0.2, 0) is 25.8 Å². The predicted octanol–water partition coefficient (Wildman–Crippen LogP) is 3.32. The summed E-state index contributed by atoms with van der Waals surface area (Å²) in [5, 5.41) is 10.5. The van der Waals surface area contributed by atoms with Crippen LogP contribution in [0.4, 0.5) is 10.5 Å². The molecule has 1 aromatic carbocycles. The Morgan fingerprint density at radius 1 is 0.737 bits per heavy atom. The van der Waals surface area contributed by atoms with Crippen molar-refractivity contribution in [3.05, 3.63) is 40.2 Å². The molecule has 0 aliphatic rings. The van der Waals surface area contributed by atoms with Crippen molar-refractivity contribution in [3.63, 3.8) is 0 Å². The Hall–Kier alpha value is 0.433. The predicted molar refractivity (Wildman–Crippen MR) is 76.4 cm³/mol. The summed E-state index contributed by atoms with van der Waals surface area (Å²) in [4.78, 5) is 0. The summed E-state index contributed by atoms with van der Waals surface area (Å²) < 4.78 is 35.0. The first-order valence-corrected chi connectivity index (χ1v) is 8.51. The first-order chi connectivity index (χ1) is 8.35. The van der Waals surface area contributed by atoms with E-state index in [0.29, 0.717) is 0 Å². The van der Waals surface area contributed by atoms with E-state index in [1.165, 1.54) is 12.1 Å². The molecule has 0 aromatic heterocycles. The van der Waals surface area contributed by atoms with Gasteiger partial charge in [0.25, 0.3) is 0 Å². The van der Waals surface area contributed by atoms with Gasteiger partial charge < -0.3 is 16.0 Å². The molecule has 3 nitrogen and oxygen atoms in total. The minimum absolute atomic E-state index is 0. The summed E-state index contributed by atoms with van der Waals surface area (Å²) in [5.74, 6) is 0. The van der Waals surface area contributed by atoms with Crippen LogP contribution in [0.1, 0.15) is 0 Å². The van der Waals surface area contributed by atoms with E-state index in [9.17, 15) is 10.5 Å². The summed E-state index contributed by atoms with van der Waals surface area (Å²) in [7, 11) is 10.5. The molecule has 0 radical (unpaired) electrons. The van der Waals surface area contributed by atoms with Crippen molar-refractivity contribution < 1.29 is 36.3 Å². The van der Waals surface area contributed by atoms with Crippen molar-refractivity contribution >= 4 is 19.1 Å². The van der Waals surface area contributed by atoms with E-state index in [1.54, 1.807) is 42.3 Å². The van der Waals surface area contributed by atoms with E-state index in [4.69, 9.17) is 0 Å². The van der Waals surface area contributed by atoms with E-state index < -0.39 is 19.1 Å². The maximum Gasteiger partial charge on any atom is 4.00 e. The molecule has 8 heteroatoms. The second-order valence-electron chi connectivity index (χ2n) is 3.01. The Balaban J connectivity index is -0.0000000956. The van der Waals surface area contributed by atoms with Gasteiger partial charge in [0.1, 0.15) is 0 Å². The van der Waals surface area contributed by atoms with Gasteiger partial charge in [0.2, 0.25) is 0 Å². The Morgan fingerprint density at radius 3 is 1.05 bits per heavy atom. The first kappa shape index (κ1) is 27.7. The monoisotopic (exact) mass is 507 g/mol. The Kier molecular flexibility index (Phi) is 30.3. The van der Waals surface area contributed by atoms with E-state index in [2.05, 4.69) is 16.0 Å². The maximum absolute atomic E-state index is 11.8. The number of halogens is 3. The van der Waals surface area contributed by atoms with Gasteiger partial charge in [-0.25, -0.2) is 0 Å². The quantitative estimate of drug-likeness (QED) is 0.416. The van der Waals surface area contributed by atoms with Crippen LogP contribution in [0.15, 0.2) is 24.3 Å². The molecule has 0 heterocycles. The van der Waals surface area contributed by atoms with Crippen molar-refractivity contribution in [2.45, 2.75) is 0 Å². The standard InChI is InChI=1S/C5H4F3Ge.3C2H6N.Hf/c6-9(7,8)5-3-1-2-4-5;3*1-3-2;/h1-4H;3*1-2H3;/q4*-1;+4. The van der Waals surface area contributed by atoms with E-state index >= 15 is 0 Å². The van der Waals surface area contributed by atoms with Crippen molar-refractivity contribution in [1.82, 2.24) is 0 Å². The zero-order chi connectivity index (χ0) is 15.0. The molecule has 0 amide bonds. The Bertz CT molecular complexity index is 227. The SMILES string of the molecule is C[N-]C.C[N-]C.C[N-]C.[F][Ge]([F])([F])[c-]1cccc1.[Hf+4]. The molecule has 19 heavy (non-hydrogen) atoms. The largest absolute Gasteiger partial charge is 4.00 e. The molecule has 0 saturated carbocycles. The van der Waals surface area contributed by atoms with Crippen molar-refractivity contribution in [3.8, 4) is 0 Å². The van der Waals surface area contributed by atoms with Crippen molar-refractivity contribution in [1.29, 1.82) is 0 Å². The minimum atomic E-state index is -5.94. The van der Waals surface area contributed by atoms with Gasteiger partial charge >= 0.3 is 79.7 Å². The molecule has 0 unspecified atom stereocenters. The summed E-state index contributed by atoms with van der Waals surface area (Å²) in [5.41, 5.74) is 0. The van der Waals surface area contributed by atoms with Gasteiger partial charge in [0, 0.05) is 0 Å². The van der Waals surface area contributed by atoms with Crippen LogP contribution >= 0.6 is 0 Å². The van der Waals surface area contributed by atoms with Crippen LogP contribution in [-0.4, -0.2) is 56.9 Å². The molecular formula is C11H22F3GeHfN3. The summed E-state index contributed by atoms with van der Waals surface area (Å²) in [6.45, 7) is 0. The normalized spacial score (nSPS) is 8.47. The van der Waals surface area contributed by atoms with Crippen LogP contribution < -0.4 is 4.40 Å². The van der Waals surface area contributed by atoms with Gasteiger partial charge in [0.15, 0.2) is 0 Å². The van der Waals surface area contributed by atoms with E-state index in [1.807, 2.05) is 0 Å². The number of rotatable bonds is 1. The summed E-state index contributed by atoms with van der Waals surface area (Å²) in [6.07, 6.45) is 0. The van der Waals surface area contributed by atoms with Gasteiger partial charge in [-0.3, -0.25) is 0 Å². The molecule has 1 rings (SSSR count). The molecule has 0 aliphatic heterocycles. The van der Waals surface area contributed by atoms with Crippen LogP contribution in [0.3, 0.4) is 0 Å². The fourth-order valence-corrected chi connectivity index (χ4v) is 1.76. The third-order valence-corrected chi connectivity index (χ3v) is 3.06. The van der Waals surface area contributed by atoms with Gasteiger partial charge in [-0.1, -0.05) is 0 Å². The molecule has 0 bridgehead atoms. The van der Waals surface area contributed by atoms with Crippen molar-refractivity contribution in [2.75, 3.05) is 42.3 Å². The maximum atomic E-state index is 11.8.